The average Bonchev–Trinajstić information content (AvgIpc) is 3.19. The summed E-state index contributed by atoms with van der Waals surface area (Å²) in [5.74, 6) is 0.831. The maximum absolute atomic E-state index is 13.7. The van der Waals surface area contributed by atoms with Crippen molar-refractivity contribution < 1.29 is 13.7 Å². The van der Waals surface area contributed by atoms with Gasteiger partial charge in [0.15, 0.2) is 0 Å². The molecule has 0 bridgehead atoms. The second-order valence-corrected chi connectivity index (χ2v) is 7.31. The van der Waals surface area contributed by atoms with Gasteiger partial charge in [-0.15, -0.1) is 0 Å². The van der Waals surface area contributed by atoms with Crippen molar-refractivity contribution in [2.24, 2.45) is 0 Å². The highest BCUT2D eigenvalue weighted by atomic mass is 19.1. The van der Waals surface area contributed by atoms with Gasteiger partial charge in [-0.25, -0.2) is 4.39 Å². The highest BCUT2D eigenvalue weighted by Gasteiger charge is 2.21. The van der Waals surface area contributed by atoms with Crippen molar-refractivity contribution in [1.82, 2.24) is 10.1 Å². The van der Waals surface area contributed by atoms with Crippen LogP contribution in [-0.4, -0.2) is 29.8 Å². The van der Waals surface area contributed by atoms with Gasteiger partial charge in [0.25, 0.3) is 5.89 Å². The van der Waals surface area contributed by atoms with Crippen LogP contribution >= 0.6 is 0 Å². The summed E-state index contributed by atoms with van der Waals surface area (Å²) in [5, 5.41) is 4.02. The van der Waals surface area contributed by atoms with Crippen molar-refractivity contribution >= 4 is 5.69 Å². The van der Waals surface area contributed by atoms with Gasteiger partial charge in [0.2, 0.25) is 5.82 Å². The molecule has 0 spiro atoms. The summed E-state index contributed by atoms with van der Waals surface area (Å²) < 4.78 is 24.4. The van der Waals surface area contributed by atoms with Crippen molar-refractivity contribution in [3.63, 3.8) is 0 Å². The van der Waals surface area contributed by atoms with E-state index in [-0.39, 0.29) is 5.82 Å². The molecule has 4 rings (SSSR count). The van der Waals surface area contributed by atoms with Gasteiger partial charge >= 0.3 is 0 Å². The van der Waals surface area contributed by atoms with Crippen molar-refractivity contribution in [1.29, 1.82) is 0 Å². The Labute approximate surface area is 164 Å². The predicted octanol–water partition coefficient (Wildman–Crippen LogP) is 5.24. The van der Waals surface area contributed by atoms with Crippen molar-refractivity contribution in [2.45, 2.75) is 39.2 Å². The second-order valence-electron chi connectivity index (χ2n) is 7.31. The molecular weight excluding hydrogens is 357 g/mol. The van der Waals surface area contributed by atoms with E-state index in [4.69, 9.17) is 9.26 Å². The third-order valence-corrected chi connectivity index (χ3v) is 5.38. The quantitative estimate of drug-likeness (QED) is 0.619. The average molecular weight is 381 g/mol. The van der Waals surface area contributed by atoms with Crippen LogP contribution < -0.4 is 9.64 Å². The molecule has 28 heavy (non-hydrogen) atoms. The fraction of sp³-hybridized carbons (Fsp3) is 0.364. The van der Waals surface area contributed by atoms with Crippen LogP contribution in [0.25, 0.3) is 22.8 Å². The van der Waals surface area contributed by atoms with E-state index in [0.29, 0.717) is 29.1 Å². The molecule has 0 amide bonds. The molecule has 1 aromatic heterocycles. The maximum Gasteiger partial charge on any atom is 0.258 e. The molecule has 1 saturated heterocycles. The monoisotopic (exact) mass is 381 g/mol. The predicted molar refractivity (Wildman–Crippen MR) is 107 cm³/mol. The molecule has 2 aromatic carbocycles. The number of nitrogens with zero attached hydrogens (tertiary/aromatic N) is 3. The van der Waals surface area contributed by atoms with E-state index >= 15 is 0 Å². The van der Waals surface area contributed by atoms with Gasteiger partial charge in [-0.2, -0.15) is 4.98 Å². The summed E-state index contributed by atoms with van der Waals surface area (Å²) in [6, 6.07) is 11.0. The smallest absolute Gasteiger partial charge is 0.258 e. The molecule has 2 heterocycles. The van der Waals surface area contributed by atoms with Crippen molar-refractivity contribution in [2.75, 3.05) is 18.6 Å². The lowest BCUT2D eigenvalue weighted by Gasteiger charge is -2.36. The molecule has 1 aliphatic heterocycles. The molecule has 5 nitrogen and oxygen atoms in total. The molecule has 0 N–H and O–H groups in total. The second kappa shape index (κ2) is 7.62. The van der Waals surface area contributed by atoms with Crippen LogP contribution in [0.2, 0.25) is 0 Å². The van der Waals surface area contributed by atoms with E-state index in [2.05, 4.69) is 41.0 Å². The van der Waals surface area contributed by atoms with E-state index in [1.807, 2.05) is 6.07 Å². The van der Waals surface area contributed by atoms with Crippen LogP contribution in [0, 0.1) is 12.7 Å². The fourth-order valence-electron chi connectivity index (χ4n) is 3.87. The Hall–Kier alpha value is -2.89. The van der Waals surface area contributed by atoms with Crippen LogP contribution in [-0.2, 0) is 0 Å². The molecule has 1 atom stereocenters. The number of benzene rings is 2. The first-order valence-electron chi connectivity index (χ1n) is 9.62. The summed E-state index contributed by atoms with van der Waals surface area (Å²) in [4.78, 5) is 6.93. The first-order chi connectivity index (χ1) is 13.6. The summed E-state index contributed by atoms with van der Waals surface area (Å²) in [6.07, 6.45) is 3.75. The number of anilines is 1. The zero-order valence-electron chi connectivity index (χ0n) is 16.4. The molecule has 0 aliphatic carbocycles. The Morgan fingerprint density at radius 1 is 1.18 bits per heavy atom. The van der Waals surface area contributed by atoms with Crippen LogP contribution in [0.15, 0.2) is 40.9 Å². The number of hydrogen-bond donors (Lipinski definition) is 0. The SMILES string of the molecule is COc1ccc(F)cc1-c1noc(-c2ccc(N3CCCCC3C)c(C)c2)n1. The zero-order chi connectivity index (χ0) is 19.7. The van der Waals surface area contributed by atoms with E-state index in [9.17, 15) is 4.39 Å². The largest absolute Gasteiger partial charge is 0.496 e. The minimum atomic E-state index is -0.377. The number of piperidine rings is 1. The Morgan fingerprint density at radius 2 is 2.04 bits per heavy atom. The van der Waals surface area contributed by atoms with Crippen LogP contribution in [0.3, 0.4) is 0 Å². The van der Waals surface area contributed by atoms with Gasteiger partial charge in [0, 0.05) is 23.8 Å². The topological polar surface area (TPSA) is 51.4 Å². The standard InChI is InChI=1S/C22H24FN3O2/c1-14-12-16(7-9-19(14)26-11-5-4-6-15(26)2)22-24-21(25-28-22)18-13-17(23)8-10-20(18)27-3/h7-10,12-13,15H,4-6,11H2,1-3H3. The lowest BCUT2D eigenvalue weighted by Crippen LogP contribution is -2.37. The third-order valence-electron chi connectivity index (χ3n) is 5.38. The molecular formula is C22H24FN3O2. The molecule has 1 fully saturated rings. The summed E-state index contributed by atoms with van der Waals surface area (Å²) in [7, 11) is 1.53. The maximum atomic E-state index is 13.7. The summed E-state index contributed by atoms with van der Waals surface area (Å²) in [6.45, 7) is 5.47. The number of aryl methyl sites for hydroxylation is 1. The lowest BCUT2D eigenvalue weighted by atomic mass is 10.0. The summed E-state index contributed by atoms with van der Waals surface area (Å²) in [5.41, 5.74) is 3.74. The highest BCUT2D eigenvalue weighted by Crippen LogP contribution is 2.33. The number of methoxy groups -OCH3 is 1. The van der Waals surface area contributed by atoms with Gasteiger partial charge in [-0.1, -0.05) is 5.16 Å². The summed E-state index contributed by atoms with van der Waals surface area (Å²) >= 11 is 0. The molecule has 1 aliphatic rings. The minimum absolute atomic E-state index is 0.303. The van der Waals surface area contributed by atoms with Gasteiger partial charge in [0.1, 0.15) is 11.6 Å². The molecule has 1 unspecified atom stereocenters. The van der Waals surface area contributed by atoms with Gasteiger partial charge in [0.05, 0.1) is 12.7 Å². The number of rotatable bonds is 4. The Kier molecular flexibility index (Phi) is 5.03. The molecule has 0 radical (unpaired) electrons. The van der Waals surface area contributed by atoms with E-state index in [1.54, 1.807) is 6.07 Å². The number of halogens is 1. The van der Waals surface area contributed by atoms with Crippen molar-refractivity contribution in [3.8, 4) is 28.6 Å². The molecule has 146 valence electrons. The van der Waals surface area contributed by atoms with Gasteiger partial charge in [-0.05, 0) is 75.1 Å². The first kappa shape index (κ1) is 18.5. The Morgan fingerprint density at radius 3 is 2.79 bits per heavy atom. The zero-order valence-corrected chi connectivity index (χ0v) is 16.4. The van der Waals surface area contributed by atoms with Gasteiger partial charge in [-0.3, -0.25) is 0 Å². The number of aromatic nitrogens is 2. The third kappa shape index (κ3) is 3.46. The van der Waals surface area contributed by atoms with E-state index in [1.165, 1.54) is 49.8 Å². The van der Waals surface area contributed by atoms with E-state index in [0.717, 1.165) is 12.1 Å². The molecule has 6 heteroatoms. The van der Waals surface area contributed by atoms with Gasteiger partial charge < -0.3 is 14.2 Å². The Balaban J connectivity index is 1.64. The molecule has 3 aromatic rings. The number of hydrogen-bond acceptors (Lipinski definition) is 5. The lowest BCUT2D eigenvalue weighted by molar-refractivity contribution is 0.412. The van der Waals surface area contributed by atoms with Crippen molar-refractivity contribution in [3.05, 3.63) is 47.8 Å². The number of ether oxygens (including phenoxy) is 1. The van der Waals surface area contributed by atoms with Crippen LogP contribution in [0.4, 0.5) is 10.1 Å². The first-order valence-corrected chi connectivity index (χ1v) is 9.62. The van der Waals surface area contributed by atoms with E-state index < -0.39 is 0 Å². The highest BCUT2D eigenvalue weighted by molar-refractivity contribution is 5.68. The van der Waals surface area contributed by atoms with Crippen LogP contribution in [0.1, 0.15) is 31.7 Å². The Bertz CT molecular complexity index is 986. The fourth-order valence-corrected chi connectivity index (χ4v) is 3.87. The normalized spacial score (nSPS) is 17.0. The minimum Gasteiger partial charge on any atom is -0.496 e. The molecule has 0 saturated carbocycles. The van der Waals surface area contributed by atoms with Crippen LogP contribution in [0.5, 0.6) is 5.75 Å².